The van der Waals surface area contributed by atoms with E-state index in [9.17, 15) is 9.59 Å². The number of thiocarbonyl (C=S) groups is 1. The van der Waals surface area contributed by atoms with Crippen LogP contribution in [0.3, 0.4) is 0 Å². The van der Waals surface area contributed by atoms with E-state index < -0.39 is 0 Å². The summed E-state index contributed by atoms with van der Waals surface area (Å²) >= 11 is 5.55. The van der Waals surface area contributed by atoms with Crippen LogP contribution in [-0.4, -0.2) is 48.0 Å². The maximum absolute atomic E-state index is 13.0. The van der Waals surface area contributed by atoms with Gasteiger partial charge >= 0.3 is 0 Å². The van der Waals surface area contributed by atoms with Crippen LogP contribution in [0.25, 0.3) is 0 Å². The quantitative estimate of drug-likeness (QED) is 0.609. The largest absolute Gasteiger partial charge is 0.366 e. The molecule has 6 nitrogen and oxygen atoms in total. The Labute approximate surface area is 208 Å². The molecule has 1 aromatic rings. The molecule has 4 aliphatic carbocycles. The molecule has 1 saturated heterocycles. The number of nitrogens with zero attached hydrogens (tertiary/aromatic N) is 2. The fraction of sp³-hybridized carbons (Fsp3) is 0.667. The maximum Gasteiger partial charge on any atom is 0.226 e. The lowest BCUT2D eigenvalue weighted by Crippen LogP contribution is -2.50. The van der Waals surface area contributed by atoms with Crippen LogP contribution < -0.4 is 15.5 Å². The summed E-state index contributed by atoms with van der Waals surface area (Å²) < 4.78 is 0. The molecule has 1 heterocycles. The molecule has 7 heteroatoms. The normalized spacial score (nSPS) is 29.9. The van der Waals surface area contributed by atoms with E-state index in [2.05, 4.69) is 21.6 Å². The Morgan fingerprint density at radius 3 is 2.18 bits per heavy atom. The molecule has 0 unspecified atom stereocenters. The Bertz CT molecular complexity index is 918. The van der Waals surface area contributed by atoms with Crippen molar-refractivity contribution in [1.29, 1.82) is 0 Å². The van der Waals surface area contributed by atoms with Crippen LogP contribution in [0.1, 0.15) is 58.8 Å². The van der Waals surface area contributed by atoms with E-state index in [1.54, 1.807) is 0 Å². The van der Waals surface area contributed by atoms with Gasteiger partial charge in [-0.05, 0) is 86.0 Å². The van der Waals surface area contributed by atoms with Crippen LogP contribution >= 0.6 is 12.2 Å². The molecule has 184 valence electrons. The lowest BCUT2D eigenvalue weighted by molar-refractivity contribution is -0.134. The smallest absolute Gasteiger partial charge is 0.226 e. The summed E-state index contributed by atoms with van der Waals surface area (Å²) in [5, 5.41) is 6.63. The Morgan fingerprint density at radius 1 is 1.00 bits per heavy atom. The second-order valence-corrected chi connectivity index (χ2v) is 12.0. The van der Waals surface area contributed by atoms with E-state index in [4.69, 9.17) is 12.2 Å². The average Bonchev–Trinajstić information content (AvgIpc) is 2.77. The van der Waals surface area contributed by atoms with E-state index >= 15 is 0 Å². The zero-order valence-corrected chi connectivity index (χ0v) is 21.3. The molecule has 6 rings (SSSR count). The predicted molar refractivity (Wildman–Crippen MR) is 140 cm³/mol. The van der Waals surface area contributed by atoms with E-state index in [1.165, 1.54) is 38.5 Å². The first-order valence-corrected chi connectivity index (χ1v) is 13.4. The van der Waals surface area contributed by atoms with Gasteiger partial charge in [0.1, 0.15) is 0 Å². The topological polar surface area (TPSA) is 64.7 Å². The molecule has 2 amide bonds. The third-order valence-electron chi connectivity index (χ3n) is 8.53. The van der Waals surface area contributed by atoms with Gasteiger partial charge in [-0.3, -0.25) is 9.59 Å². The second-order valence-electron chi connectivity index (χ2n) is 11.6. The number of carbonyl (C=O) groups excluding carboxylic acids is 2. The average molecular weight is 483 g/mol. The summed E-state index contributed by atoms with van der Waals surface area (Å²) in [7, 11) is 0. The molecular weight excluding hydrogens is 444 g/mol. The van der Waals surface area contributed by atoms with Gasteiger partial charge in [0, 0.05) is 38.5 Å². The molecule has 1 aliphatic heterocycles. The van der Waals surface area contributed by atoms with E-state index in [-0.39, 0.29) is 23.1 Å². The van der Waals surface area contributed by atoms with Gasteiger partial charge in [0.05, 0.1) is 11.4 Å². The highest BCUT2D eigenvalue weighted by molar-refractivity contribution is 7.80. The molecule has 1 aromatic carbocycles. The zero-order valence-electron chi connectivity index (χ0n) is 20.5. The predicted octanol–water partition coefficient (Wildman–Crippen LogP) is 4.41. The van der Waals surface area contributed by atoms with Gasteiger partial charge in [0.2, 0.25) is 11.8 Å². The second kappa shape index (κ2) is 9.48. The third kappa shape index (κ3) is 4.95. The summed E-state index contributed by atoms with van der Waals surface area (Å²) in [4.78, 5) is 29.5. The van der Waals surface area contributed by atoms with Crippen molar-refractivity contribution in [2.75, 3.05) is 36.4 Å². The molecule has 2 N–H and O–H groups in total. The highest BCUT2D eigenvalue weighted by Gasteiger charge is 2.51. The minimum absolute atomic E-state index is 0.0277. The number of hydrogen-bond acceptors (Lipinski definition) is 4. The van der Waals surface area contributed by atoms with E-state index in [0.717, 1.165) is 55.3 Å². The van der Waals surface area contributed by atoms with E-state index in [0.29, 0.717) is 11.5 Å². The fourth-order valence-corrected chi connectivity index (χ4v) is 7.78. The molecule has 5 aliphatic rings. The number of nitrogens with one attached hydrogen (secondary N) is 2. The van der Waals surface area contributed by atoms with Gasteiger partial charge in [0.25, 0.3) is 0 Å². The number of hydrogen-bond donors (Lipinski definition) is 2. The summed E-state index contributed by atoms with van der Waals surface area (Å²) in [5.41, 5.74) is 2.16. The number of amides is 2. The van der Waals surface area contributed by atoms with Crippen molar-refractivity contribution in [2.45, 2.75) is 58.8 Å². The van der Waals surface area contributed by atoms with Gasteiger partial charge in [-0.15, -0.1) is 0 Å². The molecule has 0 radical (unpaired) electrons. The van der Waals surface area contributed by atoms with Crippen molar-refractivity contribution in [3.63, 3.8) is 0 Å². The number of para-hydroxylation sites is 2. The van der Waals surface area contributed by atoms with Crippen molar-refractivity contribution in [2.24, 2.45) is 29.1 Å². The Hall–Kier alpha value is -2.15. The lowest BCUT2D eigenvalue weighted by Gasteiger charge is -2.56. The highest BCUT2D eigenvalue weighted by atomic mass is 32.1. The minimum Gasteiger partial charge on any atom is -0.366 e. The first-order valence-electron chi connectivity index (χ1n) is 13.0. The number of anilines is 2. The summed E-state index contributed by atoms with van der Waals surface area (Å²) in [6.07, 6.45) is 8.43. The van der Waals surface area contributed by atoms with Crippen LogP contribution in [0.2, 0.25) is 0 Å². The number of benzene rings is 1. The maximum atomic E-state index is 13.0. The van der Waals surface area contributed by atoms with Crippen LogP contribution in [0.5, 0.6) is 0 Å². The molecule has 0 atom stereocenters. The van der Waals surface area contributed by atoms with E-state index in [1.807, 2.05) is 36.9 Å². The number of piperazine rings is 1. The van der Waals surface area contributed by atoms with Gasteiger partial charge < -0.3 is 20.4 Å². The minimum atomic E-state index is 0.0277. The van der Waals surface area contributed by atoms with Crippen molar-refractivity contribution in [3.05, 3.63) is 24.3 Å². The van der Waals surface area contributed by atoms with Crippen LogP contribution in [0, 0.1) is 29.1 Å². The van der Waals surface area contributed by atoms with Gasteiger partial charge in [-0.25, -0.2) is 0 Å². The first kappa shape index (κ1) is 23.6. The molecule has 5 fully saturated rings. The SMILES string of the molecule is CC(C)C(=O)N1CCN(c2ccccc2NC(=S)NC(=O)CC23CC4CC(CC(C4)C2)C3)CC1. The first-order chi connectivity index (χ1) is 16.3. The van der Waals surface area contributed by atoms with Crippen molar-refractivity contribution in [3.8, 4) is 0 Å². The summed E-state index contributed by atoms with van der Waals surface area (Å²) in [5.74, 6) is 2.82. The monoisotopic (exact) mass is 482 g/mol. The van der Waals surface area contributed by atoms with Crippen molar-refractivity contribution >= 4 is 40.5 Å². The lowest BCUT2D eigenvalue weighted by atomic mass is 9.49. The Balaban J connectivity index is 1.17. The third-order valence-corrected chi connectivity index (χ3v) is 8.74. The Morgan fingerprint density at radius 2 is 1.59 bits per heavy atom. The zero-order chi connectivity index (χ0) is 23.9. The summed E-state index contributed by atoms with van der Waals surface area (Å²) in [6, 6.07) is 8.06. The number of rotatable bonds is 5. The van der Waals surface area contributed by atoms with Crippen LogP contribution in [0.4, 0.5) is 11.4 Å². The molecular formula is C27H38N4O2S. The number of carbonyl (C=O) groups is 2. The van der Waals surface area contributed by atoms with Gasteiger partial charge in [-0.2, -0.15) is 0 Å². The molecule has 4 bridgehead atoms. The Kier molecular flexibility index (Phi) is 6.58. The van der Waals surface area contributed by atoms with Crippen LogP contribution in [0.15, 0.2) is 24.3 Å². The van der Waals surface area contributed by atoms with Crippen molar-refractivity contribution < 1.29 is 9.59 Å². The summed E-state index contributed by atoms with van der Waals surface area (Å²) in [6.45, 7) is 6.90. The molecule has 4 saturated carbocycles. The molecule has 34 heavy (non-hydrogen) atoms. The molecule has 0 spiro atoms. The van der Waals surface area contributed by atoms with Crippen molar-refractivity contribution in [1.82, 2.24) is 10.2 Å². The van der Waals surface area contributed by atoms with Gasteiger partial charge in [0.15, 0.2) is 5.11 Å². The highest BCUT2D eigenvalue weighted by Crippen LogP contribution is 2.61. The molecule has 0 aromatic heterocycles. The van der Waals surface area contributed by atoms with Gasteiger partial charge in [-0.1, -0.05) is 26.0 Å². The standard InChI is InChI=1S/C27H38N4O2S/c1-18(2)25(33)31-9-7-30(8-10-31)23-6-4-3-5-22(23)28-26(34)29-24(32)17-27-14-19-11-20(15-27)13-21(12-19)16-27/h3-6,18-21H,7-17H2,1-2H3,(H2,28,29,32,34). The fourth-order valence-electron chi connectivity index (χ4n) is 7.56. The van der Waals surface area contributed by atoms with Crippen LogP contribution in [-0.2, 0) is 9.59 Å².